The van der Waals surface area contributed by atoms with Gasteiger partial charge in [0, 0.05) is 41.2 Å². The average molecular weight is 403 g/mol. The van der Waals surface area contributed by atoms with Gasteiger partial charge in [0.05, 0.1) is 17.9 Å². The summed E-state index contributed by atoms with van der Waals surface area (Å²) < 4.78 is 44.4. The number of thiophene rings is 1. The van der Waals surface area contributed by atoms with Gasteiger partial charge >= 0.3 is 6.18 Å². The molecule has 2 aliphatic heterocycles. The fraction of sp³-hybridized carbons (Fsp3) is 0.611. The number of hydrogen-bond acceptors (Lipinski definition) is 5. The number of alkyl halides is 3. The van der Waals surface area contributed by atoms with Gasteiger partial charge in [-0.2, -0.15) is 13.2 Å². The molecule has 0 atom stereocenters. The predicted octanol–water partition coefficient (Wildman–Crippen LogP) is 4.85. The van der Waals surface area contributed by atoms with Crippen molar-refractivity contribution in [2.75, 3.05) is 19.7 Å². The molecule has 0 aromatic carbocycles. The molecule has 0 unspecified atom stereocenters. The first kappa shape index (κ1) is 18.4. The zero-order valence-electron chi connectivity index (χ0n) is 14.6. The lowest BCUT2D eigenvalue weighted by Gasteiger charge is -2.44. The number of hydrogen-bond donors (Lipinski definition) is 0. The van der Waals surface area contributed by atoms with Crippen molar-refractivity contribution in [3.63, 3.8) is 0 Å². The van der Waals surface area contributed by atoms with Crippen LogP contribution in [0.15, 0.2) is 11.4 Å². The van der Waals surface area contributed by atoms with E-state index in [9.17, 15) is 13.2 Å². The summed E-state index contributed by atoms with van der Waals surface area (Å²) in [5.41, 5.74) is 1.67. The Bertz CT molecular complexity index is 776. The number of rotatable bonds is 3. The van der Waals surface area contributed by atoms with Crippen molar-refractivity contribution in [3.8, 4) is 0 Å². The highest BCUT2D eigenvalue weighted by molar-refractivity contribution is 7.12. The average Bonchev–Trinajstić information content (AvgIpc) is 3.24. The van der Waals surface area contributed by atoms with Gasteiger partial charge in [0.1, 0.15) is 0 Å². The minimum Gasteiger partial charge on any atom is -0.370 e. The summed E-state index contributed by atoms with van der Waals surface area (Å²) in [5.74, 6) is 0. The van der Waals surface area contributed by atoms with E-state index in [-0.39, 0.29) is 5.60 Å². The first-order valence-electron chi connectivity index (χ1n) is 8.89. The Morgan fingerprint density at radius 3 is 2.73 bits per heavy atom. The molecule has 1 saturated heterocycles. The maximum Gasteiger partial charge on any atom is 0.443 e. The Morgan fingerprint density at radius 2 is 2.08 bits per heavy atom. The van der Waals surface area contributed by atoms with E-state index in [1.165, 1.54) is 20.7 Å². The third kappa shape index (κ3) is 3.44. The summed E-state index contributed by atoms with van der Waals surface area (Å²) in [4.78, 5) is 8.80. The van der Waals surface area contributed by atoms with E-state index in [2.05, 4.69) is 22.9 Å². The van der Waals surface area contributed by atoms with E-state index in [1.807, 2.05) is 11.3 Å². The molecule has 4 heterocycles. The second-order valence-corrected chi connectivity index (χ2v) is 8.99. The smallest absolute Gasteiger partial charge is 0.370 e. The summed E-state index contributed by atoms with van der Waals surface area (Å²) in [6, 6.07) is 2.31. The molecule has 0 radical (unpaired) electrons. The first-order chi connectivity index (χ1) is 12.4. The fourth-order valence-electron chi connectivity index (χ4n) is 3.87. The van der Waals surface area contributed by atoms with Crippen LogP contribution in [0.4, 0.5) is 13.2 Å². The lowest BCUT2D eigenvalue weighted by atomic mass is 9.82. The molecule has 2 aliphatic rings. The molecule has 1 fully saturated rings. The molecule has 0 bridgehead atoms. The van der Waals surface area contributed by atoms with Crippen molar-refractivity contribution >= 4 is 22.7 Å². The van der Waals surface area contributed by atoms with Crippen molar-refractivity contribution in [3.05, 3.63) is 37.5 Å². The third-order valence-corrected chi connectivity index (χ3v) is 7.53. The van der Waals surface area contributed by atoms with Crippen LogP contribution in [0.5, 0.6) is 0 Å². The highest BCUT2D eigenvalue weighted by Gasteiger charge is 2.42. The maximum absolute atomic E-state index is 12.7. The molecule has 4 rings (SSSR count). The van der Waals surface area contributed by atoms with Gasteiger partial charge < -0.3 is 4.74 Å². The lowest BCUT2D eigenvalue weighted by molar-refractivity contribution is -0.137. The van der Waals surface area contributed by atoms with Gasteiger partial charge in [-0.15, -0.1) is 22.7 Å². The molecule has 26 heavy (non-hydrogen) atoms. The van der Waals surface area contributed by atoms with Gasteiger partial charge in [-0.3, -0.25) is 4.90 Å². The predicted molar refractivity (Wildman–Crippen MR) is 96.7 cm³/mol. The fourth-order valence-corrected chi connectivity index (χ4v) is 5.73. The van der Waals surface area contributed by atoms with E-state index in [4.69, 9.17) is 4.74 Å². The maximum atomic E-state index is 12.7. The summed E-state index contributed by atoms with van der Waals surface area (Å²) in [6.45, 7) is 5.04. The molecule has 8 heteroatoms. The number of likely N-dealkylation sites (tertiary alicyclic amines) is 1. The molecule has 0 aliphatic carbocycles. The zero-order chi connectivity index (χ0) is 18.4. The van der Waals surface area contributed by atoms with E-state index in [0.717, 1.165) is 45.4 Å². The van der Waals surface area contributed by atoms with Crippen molar-refractivity contribution in [1.82, 2.24) is 9.88 Å². The Hall–Kier alpha value is -0.960. The first-order valence-corrected chi connectivity index (χ1v) is 10.6. The third-order valence-electron chi connectivity index (χ3n) is 5.25. The molecule has 0 amide bonds. The molecule has 2 aromatic rings. The van der Waals surface area contributed by atoms with Crippen molar-refractivity contribution in [1.29, 1.82) is 0 Å². The number of thiazole rings is 1. The van der Waals surface area contributed by atoms with Gasteiger partial charge in [-0.05, 0) is 30.9 Å². The van der Waals surface area contributed by atoms with E-state index in [0.29, 0.717) is 23.6 Å². The van der Waals surface area contributed by atoms with Crippen LogP contribution in [-0.2, 0) is 35.9 Å². The number of aryl methyl sites for hydroxylation is 1. The van der Waals surface area contributed by atoms with Crippen molar-refractivity contribution < 1.29 is 17.9 Å². The summed E-state index contributed by atoms with van der Waals surface area (Å²) in [6.07, 6.45) is -0.542. The van der Waals surface area contributed by atoms with E-state index in [1.54, 1.807) is 0 Å². The van der Waals surface area contributed by atoms with Crippen LogP contribution < -0.4 is 0 Å². The highest BCUT2D eigenvalue weighted by atomic mass is 32.1. The monoisotopic (exact) mass is 402 g/mol. The molecular formula is C18H21F3N2OS2. The van der Waals surface area contributed by atoms with Gasteiger partial charge in [0.2, 0.25) is 0 Å². The Kier molecular flexibility index (Phi) is 4.88. The Morgan fingerprint density at radius 1 is 1.31 bits per heavy atom. The van der Waals surface area contributed by atoms with Crippen LogP contribution in [0.25, 0.3) is 0 Å². The molecule has 0 saturated carbocycles. The number of ether oxygens (including phenoxy) is 1. The zero-order valence-corrected chi connectivity index (χ0v) is 16.2. The molecule has 2 aromatic heterocycles. The van der Waals surface area contributed by atoms with E-state index < -0.39 is 11.2 Å². The number of halogens is 3. The quantitative estimate of drug-likeness (QED) is 0.734. The second-order valence-electron chi connectivity index (χ2n) is 6.91. The van der Waals surface area contributed by atoms with Gasteiger partial charge in [0.25, 0.3) is 0 Å². The highest BCUT2D eigenvalue weighted by Crippen LogP contribution is 2.45. The van der Waals surface area contributed by atoms with Crippen LogP contribution in [0, 0.1) is 0 Å². The second kappa shape index (κ2) is 6.89. The van der Waals surface area contributed by atoms with Crippen molar-refractivity contribution in [2.45, 2.75) is 50.9 Å². The van der Waals surface area contributed by atoms with Crippen LogP contribution in [0.1, 0.15) is 45.8 Å². The van der Waals surface area contributed by atoms with Crippen LogP contribution in [0.2, 0.25) is 0 Å². The number of nitrogens with zero attached hydrogens (tertiary/aromatic N) is 2. The Labute approximate surface area is 158 Å². The van der Waals surface area contributed by atoms with E-state index >= 15 is 0 Å². The van der Waals surface area contributed by atoms with Gasteiger partial charge in [0.15, 0.2) is 5.01 Å². The molecule has 0 N–H and O–H groups in total. The van der Waals surface area contributed by atoms with Gasteiger partial charge in [-0.25, -0.2) is 4.98 Å². The number of fused-ring (bicyclic) bond motifs is 2. The number of aromatic nitrogens is 1. The number of piperidine rings is 1. The minimum absolute atomic E-state index is 0.201. The summed E-state index contributed by atoms with van der Waals surface area (Å²) in [5, 5.41) is 0.765. The Balaban J connectivity index is 1.43. The van der Waals surface area contributed by atoms with Crippen LogP contribution >= 0.6 is 22.7 Å². The normalized spacial score (nSPS) is 20.5. The minimum atomic E-state index is -4.35. The summed E-state index contributed by atoms with van der Waals surface area (Å²) in [7, 11) is 0. The van der Waals surface area contributed by atoms with Crippen LogP contribution in [0.3, 0.4) is 0 Å². The SMILES string of the molecule is CCc1cc2c(s1)CCOC21CCN(Cc2csc(C(F)(F)F)n2)CC1. The molecule has 142 valence electrons. The largest absolute Gasteiger partial charge is 0.443 e. The summed E-state index contributed by atoms with van der Waals surface area (Å²) >= 11 is 2.58. The molecule has 3 nitrogen and oxygen atoms in total. The molecular weight excluding hydrogens is 381 g/mol. The molecule has 1 spiro atoms. The topological polar surface area (TPSA) is 25.4 Å². The standard InChI is InChI=1S/C18H21F3N2OS2/c1-2-13-9-14-15(26-13)3-8-24-17(14)4-6-23(7-5-17)10-12-11-25-16(22-12)18(19,20)21/h9,11H,2-8,10H2,1H3. The van der Waals surface area contributed by atoms with Crippen LogP contribution in [-0.4, -0.2) is 29.6 Å². The van der Waals surface area contributed by atoms with Gasteiger partial charge in [-0.1, -0.05) is 6.92 Å². The van der Waals surface area contributed by atoms with Crippen molar-refractivity contribution in [2.24, 2.45) is 0 Å². The lowest BCUT2D eigenvalue weighted by Crippen LogP contribution is -2.45.